The summed E-state index contributed by atoms with van der Waals surface area (Å²) in [5, 5.41) is 6.80. The molecule has 1 aliphatic carbocycles. The molecule has 1 saturated carbocycles. The molecule has 4 nitrogen and oxygen atoms in total. The lowest BCUT2D eigenvalue weighted by Crippen LogP contribution is -2.38. The molecule has 0 heterocycles. The van der Waals surface area contributed by atoms with E-state index >= 15 is 0 Å². The first kappa shape index (κ1) is 19.3. The molecule has 0 radical (unpaired) electrons. The molecule has 0 amide bonds. The van der Waals surface area contributed by atoms with Crippen LogP contribution < -0.4 is 10.6 Å². The fourth-order valence-electron chi connectivity index (χ4n) is 2.83. The van der Waals surface area contributed by atoms with E-state index in [1.54, 1.807) is 7.11 Å². The monoisotopic (exact) mass is 395 g/mol. The molecule has 24 heavy (non-hydrogen) atoms. The van der Waals surface area contributed by atoms with Crippen molar-refractivity contribution < 1.29 is 4.74 Å². The van der Waals surface area contributed by atoms with Crippen molar-refractivity contribution in [3.63, 3.8) is 0 Å². The SMILES string of the molecule is CCNC(=NCC1(c2cccc(Br)c2)CC1)NCCCCCOC. The topological polar surface area (TPSA) is 45.7 Å². The standard InChI is InChI=1S/C19H30BrN3O/c1-3-21-18(22-12-5-4-6-13-24-2)23-15-19(10-11-19)16-8-7-9-17(20)14-16/h7-9,14H,3-6,10-13,15H2,1-2H3,(H2,21,22,23). The third kappa shape index (κ3) is 6.10. The van der Waals surface area contributed by atoms with Gasteiger partial charge in [-0.15, -0.1) is 0 Å². The first-order valence-corrected chi connectivity index (χ1v) is 9.76. The van der Waals surface area contributed by atoms with Gasteiger partial charge in [-0.1, -0.05) is 28.1 Å². The number of rotatable bonds is 10. The molecular formula is C19H30BrN3O. The van der Waals surface area contributed by atoms with E-state index < -0.39 is 0 Å². The number of nitrogens with zero attached hydrogens (tertiary/aromatic N) is 1. The second-order valence-corrected chi connectivity index (χ2v) is 7.38. The van der Waals surface area contributed by atoms with Gasteiger partial charge in [-0.3, -0.25) is 4.99 Å². The van der Waals surface area contributed by atoms with Crippen LogP contribution in [0.25, 0.3) is 0 Å². The molecule has 0 aliphatic heterocycles. The van der Waals surface area contributed by atoms with Gasteiger partial charge in [0.05, 0.1) is 6.54 Å². The predicted molar refractivity (Wildman–Crippen MR) is 105 cm³/mol. The number of nitrogens with one attached hydrogen (secondary N) is 2. The lowest BCUT2D eigenvalue weighted by molar-refractivity contribution is 0.192. The van der Waals surface area contributed by atoms with E-state index in [4.69, 9.17) is 9.73 Å². The maximum Gasteiger partial charge on any atom is 0.191 e. The zero-order valence-electron chi connectivity index (χ0n) is 14.9. The highest BCUT2D eigenvalue weighted by molar-refractivity contribution is 9.10. The highest BCUT2D eigenvalue weighted by Gasteiger charge is 2.44. The number of unbranched alkanes of at least 4 members (excludes halogenated alkanes) is 2. The van der Waals surface area contributed by atoms with Gasteiger partial charge in [0.1, 0.15) is 0 Å². The Balaban J connectivity index is 1.84. The van der Waals surface area contributed by atoms with E-state index in [0.29, 0.717) is 0 Å². The number of ether oxygens (including phenoxy) is 1. The highest BCUT2D eigenvalue weighted by Crippen LogP contribution is 2.48. The molecule has 2 rings (SSSR count). The van der Waals surface area contributed by atoms with Crippen LogP contribution >= 0.6 is 15.9 Å². The summed E-state index contributed by atoms with van der Waals surface area (Å²) < 4.78 is 6.23. The van der Waals surface area contributed by atoms with E-state index in [0.717, 1.165) is 49.5 Å². The van der Waals surface area contributed by atoms with Crippen molar-refractivity contribution in [2.24, 2.45) is 4.99 Å². The van der Waals surface area contributed by atoms with Crippen molar-refractivity contribution in [1.82, 2.24) is 10.6 Å². The van der Waals surface area contributed by atoms with Crippen LogP contribution in [-0.4, -0.2) is 39.3 Å². The molecule has 0 bridgehead atoms. The second-order valence-electron chi connectivity index (χ2n) is 6.47. The maximum absolute atomic E-state index is 5.08. The van der Waals surface area contributed by atoms with Crippen molar-refractivity contribution in [3.05, 3.63) is 34.3 Å². The number of benzene rings is 1. The third-order valence-corrected chi connectivity index (χ3v) is 4.99. The Morgan fingerprint density at radius 2 is 2.08 bits per heavy atom. The van der Waals surface area contributed by atoms with Gasteiger partial charge in [-0.05, 0) is 56.7 Å². The molecule has 2 N–H and O–H groups in total. The summed E-state index contributed by atoms with van der Waals surface area (Å²) in [5.41, 5.74) is 1.64. The van der Waals surface area contributed by atoms with Crippen LogP contribution in [-0.2, 0) is 10.2 Å². The van der Waals surface area contributed by atoms with Crippen LogP contribution in [0.3, 0.4) is 0 Å². The van der Waals surface area contributed by atoms with E-state index in [1.807, 2.05) is 0 Å². The number of halogens is 1. The number of aliphatic imine (C=N–C) groups is 1. The Hall–Kier alpha value is -1.07. The first-order chi connectivity index (χ1) is 11.7. The predicted octanol–water partition coefficient (Wildman–Crippen LogP) is 3.85. The number of hydrogen-bond donors (Lipinski definition) is 2. The summed E-state index contributed by atoms with van der Waals surface area (Å²) in [5.74, 6) is 0.936. The van der Waals surface area contributed by atoms with E-state index in [1.165, 1.54) is 24.8 Å². The van der Waals surface area contributed by atoms with Crippen molar-refractivity contribution in [3.8, 4) is 0 Å². The molecule has 0 aromatic heterocycles. The van der Waals surface area contributed by atoms with Crippen molar-refractivity contribution in [1.29, 1.82) is 0 Å². The van der Waals surface area contributed by atoms with Crippen LogP contribution in [0.1, 0.15) is 44.6 Å². The minimum Gasteiger partial charge on any atom is -0.385 e. The molecule has 0 unspecified atom stereocenters. The normalized spacial score (nSPS) is 16.0. The molecule has 0 spiro atoms. The van der Waals surface area contributed by atoms with Gasteiger partial charge in [0.15, 0.2) is 5.96 Å². The second kappa shape index (κ2) is 10.0. The zero-order valence-corrected chi connectivity index (χ0v) is 16.5. The van der Waals surface area contributed by atoms with Crippen LogP contribution in [0, 0.1) is 0 Å². The Morgan fingerprint density at radius 1 is 1.25 bits per heavy atom. The quantitative estimate of drug-likeness (QED) is 0.359. The summed E-state index contributed by atoms with van der Waals surface area (Å²) in [6, 6.07) is 8.66. The molecule has 1 aromatic rings. The Kier molecular flexibility index (Phi) is 8.06. The van der Waals surface area contributed by atoms with Crippen LogP contribution in [0.15, 0.2) is 33.7 Å². The van der Waals surface area contributed by atoms with Crippen LogP contribution in [0.5, 0.6) is 0 Å². The maximum atomic E-state index is 5.08. The zero-order chi connectivity index (χ0) is 17.3. The molecule has 1 aliphatic rings. The first-order valence-electron chi connectivity index (χ1n) is 8.97. The summed E-state index contributed by atoms with van der Waals surface area (Å²) in [4.78, 5) is 4.84. The minimum absolute atomic E-state index is 0.241. The van der Waals surface area contributed by atoms with Gasteiger partial charge < -0.3 is 15.4 Å². The molecule has 5 heteroatoms. The lowest BCUT2D eigenvalue weighted by atomic mass is 9.96. The molecule has 0 atom stereocenters. The number of hydrogen-bond acceptors (Lipinski definition) is 2. The molecule has 1 fully saturated rings. The summed E-state index contributed by atoms with van der Waals surface area (Å²) in [6.07, 6.45) is 5.90. The average Bonchev–Trinajstić information content (AvgIpc) is 3.37. The summed E-state index contributed by atoms with van der Waals surface area (Å²) >= 11 is 3.58. The third-order valence-electron chi connectivity index (χ3n) is 4.49. The summed E-state index contributed by atoms with van der Waals surface area (Å²) in [7, 11) is 1.76. The number of guanidine groups is 1. The van der Waals surface area contributed by atoms with Crippen molar-refractivity contribution >= 4 is 21.9 Å². The van der Waals surface area contributed by atoms with Gasteiger partial charge in [-0.25, -0.2) is 0 Å². The average molecular weight is 396 g/mol. The van der Waals surface area contributed by atoms with E-state index in [-0.39, 0.29) is 5.41 Å². The largest absolute Gasteiger partial charge is 0.385 e. The van der Waals surface area contributed by atoms with Gasteiger partial charge in [0, 0.05) is 36.7 Å². The molecule has 1 aromatic carbocycles. The smallest absolute Gasteiger partial charge is 0.191 e. The van der Waals surface area contributed by atoms with Crippen LogP contribution in [0.2, 0.25) is 0 Å². The molecular weight excluding hydrogens is 366 g/mol. The highest BCUT2D eigenvalue weighted by atomic mass is 79.9. The fourth-order valence-corrected chi connectivity index (χ4v) is 3.23. The Morgan fingerprint density at radius 3 is 2.75 bits per heavy atom. The fraction of sp³-hybridized carbons (Fsp3) is 0.632. The Bertz CT molecular complexity index is 529. The van der Waals surface area contributed by atoms with E-state index in [9.17, 15) is 0 Å². The molecule has 134 valence electrons. The van der Waals surface area contributed by atoms with Crippen molar-refractivity contribution in [2.45, 2.75) is 44.4 Å². The van der Waals surface area contributed by atoms with E-state index in [2.05, 4.69) is 57.8 Å². The molecule has 0 saturated heterocycles. The van der Waals surface area contributed by atoms with Gasteiger partial charge in [0.25, 0.3) is 0 Å². The van der Waals surface area contributed by atoms with Crippen LogP contribution in [0.4, 0.5) is 0 Å². The Labute approximate surface area is 154 Å². The van der Waals surface area contributed by atoms with Gasteiger partial charge >= 0.3 is 0 Å². The van der Waals surface area contributed by atoms with Gasteiger partial charge in [-0.2, -0.15) is 0 Å². The van der Waals surface area contributed by atoms with Gasteiger partial charge in [0.2, 0.25) is 0 Å². The van der Waals surface area contributed by atoms with Crippen molar-refractivity contribution in [2.75, 3.05) is 33.4 Å². The lowest BCUT2D eigenvalue weighted by Gasteiger charge is -2.16. The summed E-state index contributed by atoms with van der Waals surface area (Å²) in [6.45, 7) is 5.65. The number of methoxy groups -OCH3 is 1. The minimum atomic E-state index is 0.241.